The van der Waals surface area contributed by atoms with Crippen molar-refractivity contribution in [1.29, 1.82) is 5.26 Å². The Morgan fingerprint density at radius 1 is 1.31 bits per heavy atom. The first-order valence-electron chi connectivity index (χ1n) is 9.09. The van der Waals surface area contributed by atoms with Gasteiger partial charge in [-0.2, -0.15) is 10.4 Å². The molecule has 3 aromatic rings. The maximum Gasteiger partial charge on any atom is 0.123 e. The molecule has 7 heteroatoms. The number of hydrazone groups is 1. The Labute approximate surface area is 174 Å². The van der Waals surface area contributed by atoms with Crippen LogP contribution >= 0.6 is 11.6 Å². The van der Waals surface area contributed by atoms with E-state index in [1.165, 1.54) is 6.21 Å². The number of benzene rings is 1. The molecule has 3 N–H and O–H groups in total. The number of halogens is 1. The topological polar surface area (TPSA) is 100.0 Å². The number of nitrogens with zero attached hydrogens (tertiary/aromatic N) is 4. The Morgan fingerprint density at radius 3 is 2.90 bits per heavy atom. The predicted octanol–water partition coefficient (Wildman–Crippen LogP) is 4.25. The SMILES string of the molecule is Cc1cc(N)nc(C)c1C/C=C(C#N)/C=N\NCc1ccc2ncc(Cl)cc2c1. The Kier molecular flexibility index (Phi) is 6.43. The molecular weight excluding hydrogens is 384 g/mol. The standard InChI is InChI=1S/C22H21ClN6/c1-14-7-22(25)29-15(2)20(14)5-3-17(10-24)12-28-27-11-16-4-6-21-18(8-16)9-19(23)13-26-21/h3-4,6-9,12-13,27H,5,11H2,1-2H3,(H2,25,29)/b17-3+,28-12-. The molecule has 2 heterocycles. The number of allylic oxidation sites excluding steroid dienone is 2. The molecule has 3 rings (SSSR count). The summed E-state index contributed by atoms with van der Waals surface area (Å²) < 4.78 is 0. The van der Waals surface area contributed by atoms with Crippen LogP contribution in [0.3, 0.4) is 0 Å². The van der Waals surface area contributed by atoms with Crippen LogP contribution < -0.4 is 11.2 Å². The first-order valence-corrected chi connectivity index (χ1v) is 9.47. The van der Waals surface area contributed by atoms with Gasteiger partial charge in [0, 0.05) is 17.3 Å². The van der Waals surface area contributed by atoms with Gasteiger partial charge in [0.05, 0.1) is 28.9 Å². The number of aromatic nitrogens is 2. The van der Waals surface area contributed by atoms with Crippen molar-refractivity contribution in [3.05, 3.63) is 75.6 Å². The zero-order valence-corrected chi connectivity index (χ0v) is 17.0. The first kappa shape index (κ1) is 20.3. The van der Waals surface area contributed by atoms with Crippen LogP contribution in [0.25, 0.3) is 10.9 Å². The minimum atomic E-state index is 0.475. The van der Waals surface area contributed by atoms with Crippen molar-refractivity contribution in [2.75, 3.05) is 5.73 Å². The second kappa shape index (κ2) is 9.18. The molecule has 0 fully saturated rings. The zero-order chi connectivity index (χ0) is 20.8. The number of nitrogen functional groups attached to an aromatic ring is 1. The first-order chi connectivity index (χ1) is 14.0. The molecule has 6 nitrogen and oxygen atoms in total. The predicted molar refractivity (Wildman–Crippen MR) is 118 cm³/mol. The van der Waals surface area contributed by atoms with E-state index in [1.54, 1.807) is 6.20 Å². The zero-order valence-electron chi connectivity index (χ0n) is 16.3. The van der Waals surface area contributed by atoms with E-state index in [1.807, 2.05) is 50.3 Å². The summed E-state index contributed by atoms with van der Waals surface area (Å²) in [5.41, 5.74) is 14.1. The summed E-state index contributed by atoms with van der Waals surface area (Å²) in [5, 5.41) is 15.1. The lowest BCUT2D eigenvalue weighted by molar-refractivity contribution is 0.749. The molecule has 0 saturated heterocycles. The average molecular weight is 405 g/mol. The molecule has 0 unspecified atom stereocenters. The number of nitriles is 1. The number of nitrogens with one attached hydrogen (secondary N) is 1. The van der Waals surface area contributed by atoms with Gasteiger partial charge < -0.3 is 11.2 Å². The van der Waals surface area contributed by atoms with Crippen LogP contribution in [-0.2, 0) is 13.0 Å². The maximum atomic E-state index is 9.36. The highest BCUT2D eigenvalue weighted by Gasteiger charge is 2.05. The van der Waals surface area contributed by atoms with E-state index in [0.29, 0.717) is 29.4 Å². The third-order valence-corrected chi connectivity index (χ3v) is 4.73. The normalized spacial score (nSPS) is 11.7. The van der Waals surface area contributed by atoms with Gasteiger partial charge in [0.2, 0.25) is 0 Å². The van der Waals surface area contributed by atoms with Crippen molar-refractivity contribution >= 4 is 34.5 Å². The van der Waals surface area contributed by atoms with Crippen LogP contribution in [0.4, 0.5) is 5.82 Å². The third kappa shape index (κ3) is 5.31. The second-order valence-corrected chi connectivity index (χ2v) is 7.11. The maximum absolute atomic E-state index is 9.36. The van der Waals surface area contributed by atoms with Gasteiger partial charge in [-0.25, -0.2) is 4.98 Å². The monoisotopic (exact) mass is 404 g/mol. The number of rotatable bonds is 6. The molecule has 0 bridgehead atoms. The van der Waals surface area contributed by atoms with Gasteiger partial charge in [-0.1, -0.05) is 23.7 Å². The Hall–Kier alpha value is -3.43. The van der Waals surface area contributed by atoms with Crippen LogP contribution in [0.5, 0.6) is 0 Å². The van der Waals surface area contributed by atoms with Crippen molar-refractivity contribution in [2.45, 2.75) is 26.8 Å². The molecule has 1 aromatic carbocycles. The Morgan fingerprint density at radius 2 is 2.14 bits per heavy atom. The quantitative estimate of drug-likeness (QED) is 0.363. The lowest BCUT2D eigenvalue weighted by Gasteiger charge is -2.08. The molecule has 0 radical (unpaired) electrons. The van der Waals surface area contributed by atoms with Crippen LogP contribution in [0.1, 0.15) is 22.4 Å². The van der Waals surface area contributed by atoms with Gasteiger partial charge in [0.1, 0.15) is 11.9 Å². The molecule has 0 amide bonds. The molecular formula is C22H21ClN6. The van der Waals surface area contributed by atoms with Gasteiger partial charge in [-0.15, -0.1) is 0 Å². The van der Waals surface area contributed by atoms with E-state index in [4.69, 9.17) is 17.3 Å². The van der Waals surface area contributed by atoms with Crippen molar-refractivity contribution < 1.29 is 0 Å². The molecule has 2 aromatic heterocycles. The summed E-state index contributed by atoms with van der Waals surface area (Å²) in [5.74, 6) is 0.505. The highest BCUT2D eigenvalue weighted by atomic mass is 35.5. The van der Waals surface area contributed by atoms with Crippen molar-refractivity contribution in [3.63, 3.8) is 0 Å². The summed E-state index contributed by atoms with van der Waals surface area (Å²) >= 11 is 6.00. The van der Waals surface area contributed by atoms with E-state index in [2.05, 4.69) is 26.6 Å². The second-order valence-electron chi connectivity index (χ2n) is 6.68. The largest absolute Gasteiger partial charge is 0.384 e. The number of nitrogens with two attached hydrogens (primary N) is 1. The number of fused-ring (bicyclic) bond motifs is 1. The summed E-state index contributed by atoms with van der Waals surface area (Å²) in [6.45, 7) is 4.43. The average Bonchev–Trinajstić information content (AvgIpc) is 2.68. The minimum absolute atomic E-state index is 0.475. The molecule has 0 aliphatic heterocycles. The van der Waals surface area contributed by atoms with Crippen LogP contribution in [0.2, 0.25) is 5.02 Å². The van der Waals surface area contributed by atoms with E-state index < -0.39 is 0 Å². The molecule has 0 atom stereocenters. The Balaban J connectivity index is 1.63. The van der Waals surface area contributed by atoms with Gasteiger partial charge in [0.15, 0.2) is 0 Å². The van der Waals surface area contributed by atoms with Gasteiger partial charge in [-0.05, 0) is 61.2 Å². The van der Waals surface area contributed by atoms with Crippen LogP contribution in [-0.4, -0.2) is 16.2 Å². The number of anilines is 1. The minimum Gasteiger partial charge on any atom is -0.384 e. The summed E-state index contributed by atoms with van der Waals surface area (Å²) in [4.78, 5) is 8.56. The fourth-order valence-corrected chi connectivity index (χ4v) is 3.22. The fraction of sp³-hybridized carbons (Fsp3) is 0.182. The summed E-state index contributed by atoms with van der Waals surface area (Å²) in [6.07, 6.45) is 5.58. The molecule has 0 aliphatic rings. The lowest BCUT2D eigenvalue weighted by Crippen LogP contribution is -2.06. The van der Waals surface area contributed by atoms with Crippen molar-refractivity contribution in [2.24, 2.45) is 5.10 Å². The van der Waals surface area contributed by atoms with Gasteiger partial charge >= 0.3 is 0 Å². The Bertz CT molecular complexity index is 1120. The fourth-order valence-electron chi connectivity index (χ4n) is 3.05. The third-order valence-electron chi connectivity index (χ3n) is 4.52. The molecule has 0 spiro atoms. The van der Waals surface area contributed by atoms with Crippen LogP contribution in [0.15, 0.2) is 53.3 Å². The van der Waals surface area contributed by atoms with Crippen molar-refractivity contribution in [3.8, 4) is 6.07 Å². The smallest absolute Gasteiger partial charge is 0.123 e. The van der Waals surface area contributed by atoms with E-state index in [9.17, 15) is 5.26 Å². The number of hydrogen-bond donors (Lipinski definition) is 2. The molecule has 146 valence electrons. The lowest BCUT2D eigenvalue weighted by atomic mass is 10.0. The highest BCUT2D eigenvalue weighted by Crippen LogP contribution is 2.18. The highest BCUT2D eigenvalue weighted by molar-refractivity contribution is 6.31. The molecule has 0 aliphatic carbocycles. The van der Waals surface area contributed by atoms with Crippen molar-refractivity contribution in [1.82, 2.24) is 15.4 Å². The molecule has 29 heavy (non-hydrogen) atoms. The van der Waals surface area contributed by atoms with Gasteiger partial charge in [0.25, 0.3) is 0 Å². The van der Waals surface area contributed by atoms with E-state index >= 15 is 0 Å². The summed E-state index contributed by atoms with van der Waals surface area (Å²) in [7, 11) is 0. The van der Waals surface area contributed by atoms with E-state index in [0.717, 1.165) is 33.3 Å². The number of pyridine rings is 2. The van der Waals surface area contributed by atoms with E-state index in [-0.39, 0.29) is 0 Å². The molecule has 0 saturated carbocycles. The van der Waals surface area contributed by atoms with Gasteiger partial charge in [-0.3, -0.25) is 4.98 Å². The number of aryl methyl sites for hydroxylation is 2. The number of hydrogen-bond acceptors (Lipinski definition) is 6. The van der Waals surface area contributed by atoms with Crippen LogP contribution in [0, 0.1) is 25.2 Å². The summed E-state index contributed by atoms with van der Waals surface area (Å²) in [6, 6.07) is 11.8.